The van der Waals surface area contributed by atoms with Crippen molar-refractivity contribution in [2.45, 2.75) is 39.3 Å². The molecule has 4 nitrogen and oxygen atoms in total. The van der Waals surface area contributed by atoms with Gasteiger partial charge in [-0.15, -0.1) is 11.6 Å². The van der Waals surface area contributed by atoms with Gasteiger partial charge in [0.1, 0.15) is 0 Å². The first kappa shape index (κ1) is 16.6. The number of amides is 1. The molecule has 0 saturated carbocycles. The van der Waals surface area contributed by atoms with Crippen molar-refractivity contribution in [3.63, 3.8) is 0 Å². The van der Waals surface area contributed by atoms with Crippen LogP contribution in [0.25, 0.3) is 0 Å². The van der Waals surface area contributed by atoms with Gasteiger partial charge in [-0.2, -0.15) is 0 Å². The molecule has 0 atom stereocenters. The average molecular weight is 300 g/mol. The van der Waals surface area contributed by atoms with Gasteiger partial charge < -0.3 is 14.8 Å². The van der Waals surface area contributed by atoms with Gasteiger partial charge in [0.2, 0.25) is 5.91 Å². The van der Waals surface area contributed by atoms with Gasteiger partial charge in [-0.25, -0.2) is 0 Å². The van der Waals surface area contributed by atoms with Gasteiger partial charge in [0.25, 0.3) is 0 Å². The number of carbonyl (C=O) groups is 1. The third kappa shape index (κ3) is 5.70. The topological polar surface area (TPSA) is 47.6 Å². The Labute approximate surface area is 125 Å². The van der Waals surface area contributed by atoms with E-state index in [9.17, 15) is 4.79 Å². The van der Waals surface area contributed by atoms with Crippen LogP contribution in [0.15, 0.2) is 18.2 Å². The molecule has 1 aromatic rings. The first-order chi connectivity index (χ1) is 9.56. The van der Waals surface area contributed by atoms with Gasteiger partial charge in [-0.3, -0.25) is 4.79 Å². The Morgan fingerprint density at radius 3 is 2.70 bits per heavy atom. The van der Waals surface area contributed by atoms with E-state index in [-0.39, 0.29) is 12.0 Å². The van der Waals surface area contributed by atoms with Crippen molar-refractivity contribution >= 4 is 17.5 Å². The monoisotopic (exact) mass is 299 g/mol. The van der Waals surface area contributed by atoms with E-state index in [1.807, 2.05) is 32.0 Å². The second-order valence-corrected chi connectivity index (χ2v) is 5.10. The fourth-order valence-electron chi connectivity index (χ4n) is 1.69. The highest BCUT2D eigenvalue weighted by atomic mass is 35.5. The summed E-state index contributed by atoms with van der Waals surface area (Å²) in [6, 6.07) is 5.65. The van der Waals surface area contributed by atoms with Gasteiger partial charge >= 0.3 is 0 Å². The maximum atomic E-state index is 11.5. The van der Waals surface area contributed by atoms with E-state index in [0.717, 1.165) is 5.56 Å². The van der Waals surface area contributed by atoms with E-state index in [1.165, 1.54) is 0 Å². The largest absolute Gasteiger partial charge is 0.493 e. The van der Waals surface area contributed by atoms with Crippen LogP contribution in [0.4, 0.5) is 0 Å². The lowest BCUT2D eigenvalue weighted by Gasteiger charge is -2.14. The molecule has 0 saturated heterocycles. The minimum Gasteiger partial charge on any atom is -0.493 e. The molecule has 5 heteroatoms. The first-order valence-corrected chi connectivity index (χ1v) is 7.26. The zero-order valence-electron chi connectivity index (χ0n) is 12.2. The van der Waals surface area contributed by atoms with Gasteiger partial charge in [-0.05, 0) is 38.0 Å². The summed E-state index contributed by atoms with van der Waals surface area (Å²) in [7, 11) is 1.60. The summed E-state index contributed by atoms with van der Waals surface area (Å²) in [5.41, 5.74) is 0.970. The van der Waals surface area contributed by atoms with Crippen LogP contribution in [0.1, 0.15) is 32.3 Å². The van der Waals surface area contributed by atoms with Crippen molar-refractivity contribution in [2.75, 3.05) is 13.0 Å². The molecule has 0 bridgehead atoms. The minimum absolute atomic E-state index is 0.00660. The summed E-state index contributed by atoms with van der Waals surface area (Å²) in [5.74, 6) is 1.89. The van der Waals surface area contributed by atoms with Gasteiger partial charge in [-0.1, -0.05) is 6.07 Å². The zero-order valence-corrected chi connectivity index (χ0v) is 13.0. The molecule has 0 fully saturated rings. The van der Waals surface area contributed by atoms with Crippen molar-refractivity contribution < 1.29 is 14.3 Å². The van der Waals surface area contributed by atoms with Crippen molar-refractivity contribution in [3.8, 4) is 11.5 Å². The van der Waals surface area contributed by atoms with Crippen molar-refractivity contribution in [3.05, 3.63) is 23.8 Å². The number of benzene rings is 1. The van der Waals surface area contributed by atoms with E-state index >= 15 is 0 Å². The molecule has 1 aromatic carbocycles. The Morgan fingerprint density at radius 2 is 2.10 bits per heavy atom. The van der Waals surface area contributed by atoms with Gasteiger partial charge in [0.05, 0.1) is 13.2 Å². The molecule has 112 valence electrons. The molecule has 0 aliphatic heterocycles. The van der Waals surface area contributed by atoms with Crippen LogP contribution >= 0.6 is 11.6 Å². The normalized spacial score (nSPS) is 10.4. The summed E-state index contributed by atoms with van der Waals surface area (Å²) in [6.07, 6.45) is 1.23. The highest BCUT2D eigenvalue weighted by Crippen LogP contribution is 2.28. The average Bonchev–Trinajstić information content (AvgIpc) is 2.43. The van der Waals surface area contributed by atoms with Crippen LogP contribution in [0, 0.1) is 0 Å². The fourth-order valence-corrected chi connectivity index (χ4v) is 1.82. The highest BCUT2D eigenvalue weighted by Gasteiger charge is 2.08. The van der Waals surface area contributed by atoms with Crippen LogP contribution in [-0.2, 0) is 11.3 Å². The number of hydrogen-bond acceptors (Lipinski definition) is 3. The Kier molecular flexibility index (Phi) is 7.23. The van der Waals surface area contributed by atoms with E-state index in [1.54, 1.807) is 7.11 Å². The third-order valence-electron chi connectivity index (χ3n) is 2.62. The van der Waals surface area contributed by atoms with Crippen molar-refractivity contribution in [1.82, 2.24) is 5.32 Å². The zero-order chi connectivity index (χ0) is 15.0. The fraction of sp³-hybridized carbons (Fsp3) is 0.533. The molecular weight excluding hydrogens is 278 g/mol. The lowest BCUT2D eigenvalue weighted by molar-refractivity contribution is -0.121. The highest BCUT2D eigenvalue weighted by molar-refractivity contribution is 6.17. The summed E-state index contributed by atoms with van der Waals surface area (Å²) in [4.78, 5) is 11.5. The number of hydrogen-bond donors (Lipinski definition) is 1. The quantitative estimate of drug-likeness (QED) is 0.750. The molecule has 0 unspecified atom stereocenters. The molecule has 1 rings (SSSR count). The number of alkyl halides is 1. The van der Waals surface area contributed by atoms with Crippen molar-refractivity contribution in [2.24, 2.45) is 0 Å². The lowest BCUT2D eigenvalue weighted by atomic mass is 10.2. The molecule has 1 N–H and O–H groups in total. The van der Waals surface area contributed by atoms with E-state index in [0.29, 0.717) is 36.8 Å². The molecule has 0 aromatic heterocycles. The summed E-state index contributed by atoms with van der Waals surface area (Å²) in [5, 5.41) is 2.85. The summed E-state index contributed by atoms with van der Waals surface area (Å²) >= 11 is 5.55. The molecule has 0 aliphatic carbocycles. The molecule has 1 amide bonds. The molecule has 0 aliphatic rings. The number of carbonyl (C=O) groups excluding carboxylic acids is 1. The van der Waals surface area contributed by atoms with Crippen molar-refractivity contribution in [1.29, 1.82) is 0 Å². The number of rotatable bonds is 8. The third-order valence-corrected chi connectivity index (χ3v) is 2.89. The predicted octanol–water partition coefficient (Wildman–Crippen LogP) is 3.12. The SMILES string of the molecule is COc1cc(CNC(=O)CCCCl)ccc1OC(C)C. The van der Waals surface area contributed by atoms with Crippen LogP contribution in [0.2, 0.25) is 0 Å². The van der Waals surface area contributed by atoms with Crippen LogP contribution < -0.4 is 14.8 Å². The maximum Gasteiger partial charge on any atom is 0.220 e. The predicted molar refractivity (Wildman–Crippen MR) is 80.6 cm³/mol. The minimum atomic E-state index is 0.00660. The summed E-state index contributed by atoms with van der Waals surface area (Å²) < 4.78 is 10.9. The molecule has 20 heavy (non-hydrogen) atoms. The Hall–Kier alpha value is -1.42. The first-order valence-electron chi connectivity index (χ1n) is 6.73. The lowest BCUT2D eigenvalue weighted by Crippen LogP contribution is -2.22. The van der Waals surface area contributed by atoms with E-state index < -0.39 is 0 Å². The molecule has 0 heterocycles. The molecular formula is C15H22ClNO3. The second-order valence-electron chi connectivity index (χ2n) is 4.72. The van der Waals surface area contributed by atoms with Gasteiger partial charge in [0, 0.05) is 18.8 Å². The molecule has 0 radical (unpaired) electrons. The van der Waals surface area contributed by atoms with Crippen LogP contribution in [0.3, 0.4) is 0 Å². The maximum absolute atomic E-state index is 11.5. The summed E-state index contributed by atoms with van der Waals surface area (Å²) in [6.45, 7) is 4.40. The Morgan fingerprint density at radius 1 is 1.35 bits per heavy atom. The Bertz CT molecular complexity index is 435. The second kappa shape index (κ2) is 8.69. The number of nitrogens with one attached hydrogen (secondary N) is 1. The molecule has 0 spiro atoms. The number of ether oxygens (including phenoxy) is 2. The van der Waals surface area contributed by atoms with Gasteiger partial charge in [0.15, 0.2) is 11.5 Å². The standard InChI is InChI=1S/C15H22ClNO3/c1-11(2)20-13-7-6-12(9-14(13)19-3)10-17-15(18)5-4-8-16/h6-7,9,11H,4-5,8,10H2,1-3H3,(H,17,18). The van der Waals surface area contributed by atoms with E-state index in [4.69, 9.17) is 21.1 Å². The van der Waals surface area contributed by atoms with Crippen LogP contribution in [-0.4, -0.2) is 25.0 Å². The van der Waals surface area contributed by atoms with Crippen LogP contribution in [0.5, 0.6) is 11.5 Å². The number of halogens is 1. The smallest absolute Gasteiger partial charge is 0.220 e. The Balaban J connectivity index is 2.61. The number of methoxy groups -OCH3 is 1. The van der Waals surface area contributed by atoms with E-state index in [2.05, 4.69) is 5.32 Å².